The van der Waals surface area contributed by atoms with Gasteiger partial charge in [0, 0.05) is 13.1 Å². The lowest BCUT2D eigenvalue weighted by Crippen LogP contribution is -2.41. The van der Waals surface area contributed by atoms with E-state index >= 15 is 0 Å². The molecule has 0 aromatic rings. The number of hydrogen-bond acceptors (Lipinski definition) is 2. The summed E-state index contributed by atoms with van der Waals surface area (Å²) in [5, 5.41) is 10.9. The second-order valence-corrected chi connectivity index (χ2v) is 2.59. The molecule has 0 aliphatic heterocycles. The molecule has 0 heterocycles. The third-order valence-electron chi connectivity index (χ3n) is 1.61. The molecule has 0 saturated heterocycles. The van der Waals surface area contributed by atoms with Crippen molar-refractivity contribution < 1.29 is 14.7 Å². The number of hydrogen-bond donors (Lipinski definition) is 2. The third kappa shape index (κ3) is 5.04. The number of urea groups is 1. The van der Waals surface area contributed by atoms with Crippen molar-refractivity contribution in [1.82, 2.24) is 10.2 Å². The average Bonchev–Trinajstić information content (AvgIpc) is 2.15. The number of nitrogens with one attached hydrogen (secondary N) is 1. The summed E-state index contributed by atoms with van der Waals surface area (Å²) < 4.78 is 0. The van der Waals surface area contributed by atoms with Gasteiger partial charge in [0.25, 0.3) is 0 Å². The van der Waals surface area contributed by atoms with E-state index in [1.165, 1.54) is 4.90 Å². The van der Waals surface area contributed by atoms with Crippen LogP contribution >= 0.6 is 0 Å². The molecule has 0 atom stereocenters. The van der Waals surface area contributed by atoms with Crippen LogP contribution in [0.1, 0.15) is 13.3 Å². The first-order valence-electron chi connectivity index (χ1n) is 4.29. The molecule has 0 saturated carbocycles. The van der Waals surface area contributed by atoms with Crippen molar-refractivity contribution in [3.05, 3.63) is 0 Å². The quantitative estimate of drug-likeness (QED) is 0.617. The average molecular weight is 198 g/mol. The van der Waals surface area contributed by atoms with Crippen LogP contribution in [0.25, 0.3) is 0 Å². The zero-order valence-corrected chi connectivity index (χ0v) is 8.12. The first-order chi connectivity index (χ1) is 6.61. The van der Waals surface area contributed by atoms with Crippen LogP contribution in [0.4, 0.5) is 4.79 Å². The van der Waals surface area contributed by atoms with E-state index < -0.39 is 5.97 Å². The fourth-order valence-corrected chi connectivity index (χ4v) is 0.872. The molecule has 5 nitrogen and oxygen atoms in total. The van der Waals surface area contributed by atoms with Crippen LogP contribution in [-0.4, -0.2) is 41.6 Å². The lowest BCUT2D eigenvalue weighted by Gasteiger charge is -2.19. The van der Waals surface area contributed by atoms with Crippen LogP contribution in [-0.2, 0) is 4.79 Å². The molecular formula is C9H14N2O3. The number of nitrogens with zero attached hydrogens (tertiary/aromatic N) is 1. The highest BCUT2D eigenvalue weighted by Crippen LogP contribution is 1.92. The molecule has 0 aromatic heterocycles. The number of amides is 2. The Balaban J connectivity index is 3.93. The van der Waals surface area contributed by atoms with Crippen molar-refractivity contribution in [3.63, 3.8) is 0 Å². The normalized spacial score (nSPS) is 8.86. The summed E-state index contributed by atoms with van der Waals surface area (Å²) in [6.07, 6.45) is 4.91. The van der Waals surface area contributed by atoms with Crippen molar-refractivity contribution in [1.29, 1.82) is 0 Å². The van der Waals surface area contributed by atoms with Crippen molar-refractivity contribution in [3.8, 4) is 12.3 Å². The van der Waals surface area contributed by atoms with Gasteiger partial charge < -0.3 is 15.3 Å². The molecule has 2 amide bonds. The lowest BCUT2D eigenvalue weighted by molar-refractivity contribution is -0.137. The monoisotopic (exact) mass is 198 g/mol. The van der Waals surface area contributed by atoms with Crippen LogP contribution in [0, 0.1) is 12.3 Å². The number of carbonyl (C=O) groups is 2. The van der Waals surface area contributed by atoms with E-state index in [1.54, 1.807) is 6.92 Å². The van der Waals surface area contributed by atoms with Crippen LogP contribution < -0.4 is 5.32 Å². The molecule has 78 valence electrons. The Kier molecular flexibility index (Phi) is 5.95. The largest absolute Gasteiger partial charge is 0.481 e. The number of carboxylic acid groups (broad SMARTS) is 1. The minimum absolute atomic E-state index is 0.0582. The minimum atomic E-state index is -0.923. The smallest absolute Gasteiger partial charge is 0.318 e. The molecule has 0 rings (SSSR count). The van der Waals surface area contributed by atoms with Crippen LogP contribution in [0.5, 0.6) is 0 Å². The molecule has 5 heteroatoms. The number of terminal acetylenes is 1. The molecule has 0 spiro atoms. The Morgan fingerprint density at radius 2 is 2.21 bits per heavy atom. The number of aliphatic carboxylic acids is 1. The SMILES string of the molecule is C#CCNC(=O)N(CC)CCC(=O)O. The van der Waals surface area contributed by atoms with E-state index in [0.717, 1.165) is 0 Å². The van der Waals surface area contributed by atoms with Crippen molar-refractivity contribution in [2.75, 3.05) is 19.6 Å². The van der Waals surface area contributed by atoms with Gasteiger partial charge in [0.15, 0.2) is 0 Å². The van der Waals surface area contributed by atoms with E-state index in [2.05, 4.69) is 11.2 Å². The standard InChI is InChI=1S/C9H14N2O3/c1-3-6-10-9(14)11(4-2)7-5-8(12)13/h1H,4-7H2,2H3,(H,10,14)(H,12,13). The Morgan fingerprint density at radius 3 is 2.64 bits per heavy atom. The first-order valence-corrected chi connectivity index (χ1v) is 4.29. The second-order valence-electron chi connectivity index (χ2n) is 2.59. The highest BCUT2D eigenvalue weighted by Gasteiger charge is 2.11. The highest BCUT2D eigenvalue weighted by atomic mass is 16.4. The summed E-state index contributed by atoms with van der Waals surface area (Å²) in [6.45, 7) is 2.59. The fourth-order valence-electron chi connectivity index (χ4n) is 0.872. The molecule has 0 unspecified atom stereocenters. The van der Waals surface area contributed by atoms with Gasteiger partial charge in [-0.1, -0.05) is 5.92 Å². The van der Waals surface area contributed by atoms with Gasteiger partial charge in [-0.15, -0.1) is 6.42 Å². The van der Waals surface area contributed by atoms with Crippen molar-refractivity contribution in [2.24, 2.45) is 0 Å². The second kappa shape index (κ2) is 6.78. The van der Waals surface area contributed by atoms with Crippen molar-refractivity contribution >= 4 is 12.0 Å². The van der Waals surface area contributed by atoms with E-state index in [4.69, 9.17) is 11.5 Å². The van der Waals surface area contributed by atoms with Gasteiger partial charge in [-0.2, -0.15) is 0 Å². The van der Waals surface area contributed by atoms with Gasteiger partial charge in [0.1, 0.15) is 0 Å². The zero-order valence-electron chi connectivity index (χ0n) is 8.12. The molecule has 0 aromatic carbocycles. The van der Waals surface area contributed by atoms with E-state index in [0.29, 0.717) is 6.54 Å². The molecule has 2 N–H and O–H groups in total. The zero-order chi connectivity index (χ0) is 11.0. The Labute approximate surface area is 83.1 Å². The Bertz CT molecular complexity index is 245. The summed E-state index contributed by atoms with van der Waals surface area (Å²) in [6, 6.07) is -0.327. The highest BCUT2D eigenvalue weighted by molar-refractivity contribution is 5.75. The van der Waals surface area contributed by atoms with Gasteiger partial charge in [-0.05, 0) is 6.92 Å². The van der Waals surface area contributed by atoms with Crippen molar-refractivity contribution in [2.45, 2.75) is 13.3 Å². The molecule has 0 bridgehead atoms. The molecule has 0 fully saturated rings. The fraction of sp³-hybridized carbons (Fsp3) is 0.556. The van der Waals surface area contributed by atoms with E-state index in [-0.39, 0.29) is 25.5 Å². The maximum Gasteiger partial charge on any atom is 0.318 e. The number of rotatable bonds is 5. The van der Waals surface area contributed by atoms with Gasteiger partial charge in [-0.25, -0.2) is 4.79 Å². The summed E-state index contributed by atoms with van der Waals surface area (Å²) >= 11 is 0. The Morgan fingerprint density at radius 1 is 1.57 bits per heavy atom. The summed E-state index contributed by atoms with van der Waals surface area (Å²) in [5.74, 6) is 1.34. The van der Waals surface area contributed by atoms with Crippen LogP contribution in [0.15, 0.2) is 0 Å². The minimum Gasteiger partial charge on any atom is -0.481 e. The molecule has 14 heavy (non-hydrogen) atoms. The predicted molar refractivity (Wildman–Crippen MR) is 51.7 cm³/mol. The van der Waals surface area contributed by atoms with Gasteiger partial charge in [0.2, 0.25) is 0 Å². The number of carbonyl (C=O) groups excluding carboxylic acids is 1. The molecule has 0 aliphatic carbocycles. The van der Waals surface area contributed by atoms with Gasteiger partial charge in [-0.3, -0.25) is 4.79 Å². The Hall–Kier alpha value is -1.70. The maximum atomic E-state index is 11.3. The van der Waals surface area contributed by atoms with E-state index in [1.807, 2.05) is 0 Å². The summed E-state index contributed by atoms with van der Waals surface area (Å²) in [7, 11) is 0. The topological polar surface area (TPSA) is 69.6 Å². The first kappa shape index (κ1) is 12.3. The van der Waals surface area contributed by atoms with Gasteiger partial charge in [0.05, 0.1) is 13.0 Å². The third-order valence-corrected chi connectivity index (χ3v) is 1.61. The summed E-state index contributed by atoms with van der Waals surface area (Å²) in [5.41, 5.74) is 0. The number of carboxylic acids is 1. The molecule has 0 aliphatic rings. The van der Waals surface area contributed by atoms with E-state index in [9.17, 15) is 9.59 Å². The molecular weight excluding hydrogens is 184 g/mol. The van der Waals surface area contributed by atoms with Crippen LogP contribution in [0.3, 0.4) is 0 Å². The van der Waals surface area contributed by atoms with Gasteiger partial charge >= 0.3 is 12.0 Å². The lowest BCUT2D eigenvalue weighted by atomic mass is 10.4. The predicted octanol–water partition coefficient (Wildman–Crippen LogP) is 0.126. The van der Waals surface area contributed by atoms with Crippen LogP contribution in [0.2, 0.25) is 0 Å². The maximum absolute atomic E-state index is 11.3. The summed E-state index contributed by atoms with van der Waals surface area (Å²) in [4.78, 5) is 22.9. The molecule has 0 radical (unpaired) electrons.